The highest BCUT2D eigenvalue weighted by Crippen LogP contribution is 2.68. The molecule has 0 aromatic rings. The van der Waals surface area contributed by atoms with E-state index in [1.54, 1.807) is 0 Å². The third kappa shape index (κ3) is 4.91. The van der Waals surface area contributed by atoms with Crippen LogP contribution in [0.4, 0.5) is 0 Å². The third-order valence-corrected chi connectivity index (χ3v) is 6.23. The van der Waals surface area contributed by atoms with E-state index in [-0.39, 0.29) is 12.3 Å². The van der Waals surface area contributed by atoms with Gasteiger partial charge in [0.15, 0.2) is 0 Å². The van der Waals surface area contributed by atoms with Crippen LogP contribution in [-0.2, 0) is 28.2 Å². The van der Waals surface area contributed by atoms with Crippen molar-refractivity contribution in [3.8, 4) is 0 Å². The zero-order valence-corrected chi connectivity index (χ0v) is 12.2. The molecule has 1 rings (SSSR count). The highest BCUT2D eigenvalue weighted by molar-refractivity contribution is 8.20. The lowest BCUT2D eigenvalue weighted by Crippen LogP contribution is -2.35. The van der Waals surface area contributed by atoms with Gasteiger partial charge in [-0.1, -0.05) is 5.04 Å². The van der Waals surface area contributed by atoms with Crippen molar-refractivity contribution in [2.24, 2.45) is 5.92 Å². The Morgan fingerprint density at radius 2 is 2.05 bits per heavy atom. The topological polar surface area (TPSA) is 160 Å². The predicted molar refractivity (Wildman–Crippen MR) is 64.1 cm³/mol. The van der Waals surface area contributed by atoms with Crippen molar-refractivity contribution in [1.29, 1.82) is 0 Å². The van der Waals surface area contributed by atoms with E-state index >= 15 is 0 Å². The first-order valence-corrected chi connectivity index (χ1v) is 9.39. The van der Waals surface area contributed by atoms with Crippen molar-refractivity contribution in [2.45, 2.75) is 31.3 Å². The minimum atomic E-state index is -4.55. The van der Waals surface area contributed by atoms with Gasteiger partial charge in [-0.2, -0.15) is 0 Å². The van der Waals surface area contributed by atoms with Gasteiger partial charge in [-0.3, -0.25) is 9.36 Å². The van der Waals surface area contributed by atoms with E-state index in [1.165, 1.54) is 0 Å². The Labute approximate surface area is 114 Å². The van der Waals surface area contributed by atoms with Crippen LogP contribution in [0.1, 0.15) is 25.7 Å². The molecule has 3 unspecified atom stereocenters. The molecule has 10 nitrogen and oxygen atoms in total. The van der Waals surface area contributed by atoms with Gasteiger partial charge < -0.3 is 19.6 Å². The summed E-state index contributed by atoms with van der Waals surface area (Å²) >= 11 is 0. The molecule has 4 N–H and O–H groups in total. The molecule has 0 spiro atoms. The Hall–Kier alpha value is -0.310. The Balaban J connectivity index is 2.57. The lowest BCUT2D eigenvalue weighted by Gasteiger charge is -2.26. The molecular weight excluding hydrogens is 318 g/mol. The molecule has 1 fully saturated rings. The Kier molecular flexibility index (Phi) is 6.30. The van der Waals surface area contributed by atoms with Crippen LogP contribution in [-0.4, -0.2) is 38.5 Å². The third-order valence-electron chi connectivity index (χ3n) is 2.96. The molecule has 3 atom stereocenters. The van der Waals surface area contributed by atoms with E-state index < -0.39 is 39.6 Å². The van der Waals surface area contributed by atoms with Gasteiger partial charge >= 0.3 is 21.0 Å². The molecule has 0 heterocycles. The van der Waals surface area contributed by atoms with Gasteiger partial charge in [0.2, 0.25) is 0 Å². The van der Waals surface area contributed by atoms with E-state index in [9.17, 15) is 19.0 Å². The second kappa shape index (κ2) is 7.11. The highest BCUT2D eigenvalue weighted by atomic mass is 32.1. The van der Waals surface area contributed by atoms with Crippen LogP contribution in [0.2, 0.25) is 0 Å². The normalized spacial score (nSPS) is 22.8. The smallest absolute Gasteiger partial charge is 0.438 e. The minimum absolute atomic E-state index is 0.206. The van der Waals surface area contributed by atoms with Crippen molar-refractivity contribution < 1.29 is 48.5 Å². The van der Waals surface area contributed by atoms with Gasteiger partial charge in [-0.15, -0.1) is 4.67 Å². The lowest BCUT2D eigenvalue weighted by molar-refractivity contribution is -0.441. The summed E-state index contributed by atoms with van der Waals surface area (Å²) in [5.41, 5.74) is -1.54. The maximum atomic E-state index is 11.6. The maximum absolute atomic E-state index is 11.6. The molecule has 118 valence electrons. The second-order valence-corrected chi connectivity index (χ2v) is 9.22. The van der Waals surface area contributed by atoms with Gasteiger partial charge in [0.1, 0.15) is 0 Å². The molecule has 0 aliphatic heterocycles. The number of aliphatic carboxylic acids is 1. The van der Waals surface area contributed by atoms with Gasteiger partial charge in [0, 0.05) is 6.42 Å². The Morgan fingerprint density at radius 3 is 2.45 bits per heavy atom. The fourth-order valence-electron chi connectivity index (χ4n) is 1.81. The molecule has 1 saturated carbocycles. The second-order valence-electron chi connectivity index (χ2n) is 4.46. The predicted octanol–water partition coefficient (Wildman–Crippen LogP) is 1.01. The van der Waals surface area contributed by atoms with Crippen LogP contribution in [0, 0.1) is 5.92 Å². The first kappa shape index (κ1) is 17.7. The number of carboxylic acids is 1. The number of carbonyl (C=O) groups is 1. The highest BCUT2D eigenvalue weighted by Gasteiger charge is 2.45. The average Bonchev–Trinajstić information content (AvgIpc) is 3.11. The summed E-state index contributed by atoms with van der Waals surface area (Å²) < 4.78 is 30.7. The molecule has 1 aliphatic rings. The molecule has 0 amide bonds. The van der Waals surface area contributed by atoms with Crippen LogP contribution in [0.3, 0.4) is 0 Å². The van der Waals surface area contributed by atoms with Crippen LogP contribution in [0.5, 0.6) is 0 Å². The van der Waals surface area contributed by atoms with Gasteiger partial charge in [0.25, 0.3) is 0 Å². The molecular formula is C8H16O10P2. The largest absolute Gasteiger partial charge is 0.481 e. The standard InChI is InChI=1S/C8H16O10P2/c9-7(10)5-8(11,6-1-2-6)3-4-16-20(15,18-17-12)19(13)14/h6,11-12,19H,1-5H2,(H,9,10)(H,13,14). The number of rotatable bonds is 10. The Morgan fingerprint density at radius 1 is 1.45 bits per heavy atom. The summed E-state index contributed by atoms with van der Waals surface area (Å²) in [6, 6.07) is 0. The minimum Gasteiger partial charge on any atom is -0.481 e. The van der Waals surface area contributed by atoms with Crippen molar-refractivity contribution in [3.63, 3.8) is 0 Å². The monoisotopic (exact) mass is 334 g/mol. The van der Waals surface area contributed by atoms with Crippen LogP contribution in [0.25, 0.3) is 0 Å². The summed E-state index contributed by atoms with van der Waals surface area (Å²) in [5, 5.41) is 30.0. The zero-order valence-electron chi connectivity index (χ0n) is 10.3. The van der Waals surface area contributed by atoms with E-state index in [4.69, 9.17) is 15.3 Å². The van der Waals surface area contributed by atoms with Crippen molar-refractivity contribution in [3.05, 3.63) is 0 Å². The quantitative estimate of drug-likeness (QED) is 0.258. The van der Waals surface area contributed by atoms with Gasteiger partial charge in [-0.05, 0) is 18.8 Å². The number of carboxylic acid groups (broad SMARTS) is 1. The molecule has 0 aromatic carbocycles. The van der Waals surface area contributed by atoms with Gasteiger partial charge in [-0.25, -0.2) is 9.82 Å². The Bertz CT molecular complexity index is 421. The molecule has 1 aliphatic carbocycles. The maximum Gasteiger partial charge on any atom is 0.438 e. The molecule has 0 aromatic heterocycles. The van der Waals surface area contributed by atoms with Crippen LogP contribution < -0.4 is 0 Å². The number of hydrogen-bond donors (Lipinski definition) is 4. The first-order chi connectivity index (χ1) is 9.23. The van der Waals surface area contributed by atoms with E-state index in [2.05, 4.69) is 14.2 Å². The molecule has 0 bridgehead atoms. The van der Waals surface area contributed by atoms with Crippen LogP contribution in [0.15, 0.2) is 0 Å². The average molecular weight is 334 g/mol. The van der Waals surface area contributed by atoms with Gasteiger partial charge in [0.05, 0.1) is 18.6 Å². The number of aliphatic hydroxyl groups is 1. The van der Waals surface area contributed by atoms with E-state index in [0.29, 0.717) is 12.8 Å². The van der Waals surface area contributed by atoms with Crippen molar-refractivity contribution in [2.75, 3.05) is 6.61 Å². The summed E-state index contributed by atoms with van der Waals surface area (Å²) in [4.78, 5) is 19.5. The molecule has 0 radical (unpaired) electrons. The van der Waals surface area contributed by atoms with Crippen molar-refractivity contribution >= 4 is 21.0 Å². The summed E-state index contributed by atoms with van der Waals surface area (Å²) in [7, 11) is -8.35. The fourth-order valence-corrected chi connectivity index (χ4v) is 3.35. The SMILES string of the molecule is O=C(O)CC(O)(CCOP(=O)(OOO)[PH](=O)O)C1CC1. The first-order valence-electron chi connectivity index (χ1n) is 5.65. The molecule has 12 heteroatoms. The van der Waals surface area contributed by atoms with Crippen molar-refractivity contribution in [1.82, 2.24) is 0 Å². The summed E-state index contributed by atoms with van der Waals surface area (Å²) in [6.45, 7) is -0.488. The molecule has 0 saturated heterocycles. The zero-order chi connectivity index (χ0) is 15.4. The van der Waals surface area contributed by atoms with E-state index in [0.717, 1.165) is 0 Å². The van der Waals surface area contributed by atoms with E-state index in [1.807, 2.05) is 0 Å². The summed E-state index contributed by atoms with van der Waals surface area (Å²) in [6.07, 6.45) is 0.595. The summed E-state index contributed by atoms with van der Waals surface area (Å²) in [5.74, 6) is -1.41. The fraction of sp³-hybridized carbons (Fsp3) is 0.875. The number of hydrogen-bond acceptors (Lipinski definition) is 8. The lowest BCUT2D eigenvalue weighted by atomic mass is 9.90. The molecule has 20 heavy (non-hydrogen) atoms. The van der Waals surface area contributed by atoms with Crippen LogP contribution >= 0.6 is 15.0 Å².